The fourth-order valence-electron chi connectivity index (χ4n) is 5.39. The summed E-state index contributed by atoms with van der Waals surface area (Å²) in [6.07, 6.45) is 3.86. The number of hydrogen-bond donors (Lipinski definition) is 3. The smallest absolute Gasteiger partial charge is 0.282 e. The highest BCUT2D eigenvalue weighted by molar-refractivity contribution is 7.86. The average molecular weight is 531 g/mol. The highest BCUT2D eigenvalue weighted by Crippen LogP contribution is 2.40. The Morgan fingerprint density at radius 1 is 1.24 bits per heavy atom. The van der Waals surface area contributed by atoms with E-state index in [0.717, 1.165) is 19.3 Å². The molecule has 2 bridgehead atoms. The number of nitrogens with zero attached hydrogens (tertiary/aromatic N) is 7. The monoisotopic (exact) mass is 530 g/mol. The SMILES string of the molecule is COc1cc(Nc2cc(C(N)=O)[nH]n2)nc(N(C)C2C[C@H]3CCC[C@@H](C2)N3S(=O)(=O)N2CC(C#N)C2)n1. The van der Waals surface area contributed by atoms with Crippen molar-refractivity contribution in [1.29, 1.82) is 5.26 Å². The number of primary amides is 1. The molecule has 0 aromatic carbocycles. The second-order valence-corrected chi connectivity index (χ2v) is 11.5. The molecule has 3 atom stereocenters. The maximum absolute atomic E-state index is 13.4. The number of nitrogens with one attached hydrogen (secondary N) is 2. The Labute approximate surface area is 215 Å². The van der Waals surface area contributed by atoms with Crippen molar-refractivity contribution in [2.24, 2.45) is 11.7 Å². The van der Waals surface area contributed by atoms with Gasteiger partial charge in [0.15, 0.2) is 5.82 Å². The van der Waals surface area contributed by atoms with E-state index in [4.69, 9.17) is 15.7 Å². The number of fused-ring (bicyclic) bond motifs is 2. The van der Waals surface area contributed by atoms with Crippen LogP contribution in [0.3, 0.4) is 0 Å². The van der Waals surface area contributed by atoms with Gasteiger partial charge in [0.2, 0.25) is 11.8 Å². The highest BCUT2D eigenvalue weighted by Gasteiger charge is 2.50. The molecule has 14 nitrogen and oxygen atoms in total. The predicted molar refractivity (Wildman–Crippen MR) is 133 cm³/mol. The Morgan fingerprint density at radius 3 is 2.54 bits per heavy atom. The minimum Gasteiger partial charge on any atom is -0.481 e. The van der Waals surface area contributed by atoms with Crippen molar-refractivity contribution in [1.82, 2.24) is 28.8 Å². The number of aromatic nitrogens is 4. The molecule has 198 valence electrons. The van der Waals surface area contributed by atoms with Gasteiger partial charge in [-0.15, -0.1) is 0 Å². The van der Waals surface area contributed by atoms with E-state index in [1.54, 1.807) is 10.4 Å². The molecule has 3 saturated heterocycles. The lowest BCUT2D eigenvalue weighted by Crippen LogP contribution is -2.64. The number of carbonyl (C=O) groups is 1. The summed E-state index contributed by atoms with van der Waals surface area (Å²) in [5.41, 5.74) is 5.44. The summed E-state index contributed by atoms with van der Waals surface area (Å²) >= 11 is 0. The first-order valence-electron chi connectivity index (χ1n) is 12.2. The number of H-pyrrole nitrogens is 1. The molecule has 2 aromatic rings. The van der Waals surface area contributed by atoms with E-state index < -0.39 is 16.1 Å². The summed E-state index contributed by atoms with van der Waals surface area (Å²) < 4.78 is 35.3. The van der Waals surface area contributed by atoms with Crippen LogP contribution in [0.4, 0.5) is 17.6 Å². The molecule has 5 rings (SSSR count). The maximum Gasteiger partial charge on any atom is 0.282 e. The molecular formula is C22H30N10O4S. The van der Waals surface area contributed by atoms with Crippen LogP contribution in [-0.4, -0.2) is 88.5 Å². The van der Waals surface area contributed by atoms with Gasteiger partial charge in [-0.2, -0.15) is 37.4 Å². The molecule has 37 heavy (non-hydrogen) atoms. The molecule has 0 aliphatic carbocycles. The molecule has 4 N–H and O–H groups in total. The molecule has 15 heteroatoms. The van der Waals surface area contributed by atoms with Gasteiger partial charge in [0.1, 0.15) is 11.5 Å². The van der Waals surface area contributed by atoms with Crippen LogP contribution in [0.2, 0.25) is 0 Å². The summed E-state index contributed by atoms with van der Waals surface area (Å²) in [4.78, 5) is 22.5. The summed E-state index contributed by atoms with van der Waals surface area (Å²) in [6.45, 7) is 0.533. The third-order valence-electron chi connectivity index (χ3n) is 7.37. The van der Waals surface area contributed by atoms with Gasteiger partial charge >= 0.3 is 0 Å². The van der Waals surface area contributed by atoms with Crippen LogP contribution in [-0.2, 0) is 10.2 Å². The number of carbonyl (C=O) groups excluding carboxylic acids is 1. The van der Waals surface area contributed by atoms with Crippen molar-refractivity contribution in [3.63, 3.8) is 0 Å². The van der Waals surface area contributed by atoms with Crippen molar-refractivity contribution in [2.75, 3.05) is 37.5 Å². The Kier molecular flexibility index (Phi) is 6.65. The van der Waals surface area contributed by atoms with Crippen LogP contribution in [0.5, 0.6) is 5.88 Å². The second-order valence-electron chi connectivity index (χ2n) is 9.71. The quantitative estimate of drug-likeness (QED) is 0.435. The van der Waals surface area contributed by atoms with E-state index in [1.165, 1.54) is 17.5 Å². The summed E-state index contributed by atoms with van der Waals surface area (Å²) in [7, 11) is -0.196. The normalized spacial score (nSPS) is 24.6. The summed E-state index contributed by atoms with van der Waals surface area (Å²) in [5.74, 6) is 0.693. The highest BCUT2D eigenvalue weighted by atomic mass is 32.2. The number of hydrogen-bond acceptors (Lipinski definition) is 10. The molecular weight excluding hydrogens is 500 g/mol. The third kappa shape index (κ3) is 4.79. The largest absolute Gasteiger partial charge is 0.481 e. The molecule has 5 heterocycles. The van der Waals surface area contributed by atoms with Crippen LogP contribution in [0, 0.1) is 17.2 Å². The Hall–Kier alpha value is -3.48. The summed E-state index contributed by atoms with van der Waals surface area (Å²) in [5, 5.41) is 18.7. The molecule has 0 spiro atoms. The van der Waals surface area contributed by atoms with E-state index in [2.05, 4.69) is 31.6 Å². The topological polar surface area (TPSA) is 186 Å². The number of methoxy groups -OCH3 is 1. The van der Waals surface area contributed by atoms with Gasteiger partial charge in [-0.05, 0) is 25.7 Å². The van der Waals surface area contributed by atoms with Gasteiger partial charge in [-0.25, -0.2) is 0 Å². The minimum atomic E-state index is -3.60. The molecule has 3 aliphatic rings. The Bertz CT molecular complexity index is 1300. The first kappa shape index (κ1) is 25.2. The van der Waals surface area contributed by atoms with Crippen molar-refractivity contribution < 1.29 is 17.9 Å². The Balaban J connectivity index is 1.34. The molecule has 2 aromatic heterocycles. The number of nitrogens with two attached hydrogens (primary N) is 1. The van der Waals surface area contributed by atoms with Gasteiger partial charge in [0, 0.05) is 50.4 Å². The fraction of sp³-hybridized carbons (Fsp3) is 0.591. The molecule has 0 radical (unpaired) electrons. The van der Waals surface area contributed by atoms with Gasteiger partial charge in [0.25, 0.3) is 16.1 Å². The van der Waals surface area contributed by atoms with Crippen LogP contribution in [0.15, 0.2) is 12.1 Å². The van der Waals surface area contributed by atoms with E-state index in [9.17, 15) is 13.2 Å². The lowest BCUT2D eigenvalue weighted by atomic mass is 9.83. The number of nitriles is 1. The Morgan fingerprint density at radius 2 is 1.95 bits per heavy atom. The number of rotatable bonds is 8. The molecule has 3 fully saturated rings. The fourth-order valence-corrected chi connectivity index (χ4v) is 7.53. The standard InChI is InChI=1S/C22H30N10O4S/c1-30(22-26-18(9-20(27-22)36-2)25-19-8-17(21(24)33)28-29-19)16-6-14-4-3-5-15(7-16)32(14)37(34,35)31-11-13(10-23)12-31/h8-9,13-16H,3-7,11-12H2,1-2H3,(H2,24,33)(H2,25,26,27,28,29)/t14-,15+,16?. The zero-order valence-corrected chi connectivity index (χ0v) is 21.5. The lowest BCUT2D eigenvalue weighted by molar-refractivity contribution is 0.0930. The van der Waals surface area contributed by atoms with Crippen molar-refractivity contribution >= 4 is 33.7 Å². The lowest BCUT2D eigenvalue weighted by Gasteiger charge is -2.51. The average Bonchev–Trinajstić information content (AvgIpc) is 3.30. The molecule has 0 saturated carbocycles. The molecule has 1 amide bonds. The number of aromatic amines is 1. The van der Waals surface area contributed by atoms with Crippen molar-refractivity contribution in [2.45, 2.75) is 50.2 Å². The van der Waals surface area contributed by atoms with Gasteiger partial charge in [-0.3, -0.25) is 9.89 Å². The van der Waals surface area contributed by atoms with E-state index in [-0.39, 0.29) is 42.8 Å². The van der Waals surface area contributed by atoms with Crippen molar-refractivity contribution in [3.05, 3.63) is 17.8 Å². The van der Waals surface area contributed by atoms with E-state index >= 15 is 0 Å². The minimum absolute atomic E-state index is 0.0248. The van der Waals surface area contributed by atoms with Gasteiger partial charge in [0.05, 0.1) is 19.1 Å². The number of piperidine rings is 2. The molecule has 3 aliphatic heterocycles. The third-order valence-corrected chi connectivity index (χ3v) is 9.45. The maximum atomic E-state index is 13.4. The van der Waals surface area contributed by atoms with E-state index in [1.807, 2.05) is 11.9 Å². The number of amides is 1. The van der Waals surface area contributed by atoms with Crippen molar-refractivity contribution in [3.8, 4) is 11.9 Å². The van der Waals surface area contributed by atoms with Crippen LogP contribution >= 0.6 is 0 Å². The van der Waals surface area contributed by atoms with E-state index in [0.29, 0.717) is 36.3 Å². The zero-order valence-electron chi connectivity index (χ0n) is 20.7. The first-order chi connectivity index (χ1) is 17.7. The zero-order chi connectivity index (χ0) is 26.3. The predicted octanol–water partition coefficient (Wildman–Crippen LogP) is 0.573. The number of anilines is 3. The van der Waals surface area contributed by atoms with Gasteiger partial charge in [-0.1, -0.05) is 6.42 Å². The van der Waals surface area contributed by atoms with Crippen LogP contribution in [0.25, 0.3) is 0 Å². The molecule has 1 unspecified atom stereocenters. The second kappa shape index (κ2) is 9.77. The first-order valence-corrected chi connectivity index (χ1v) is 13.6. The summed E-state index contributed by atoms with van der Waals surface area (Å²) in [6, 6.07) is 5.02. The van der Waals surface area contributed by atoms with Crippen LogP contribution in [0.1, 0.15) is 42.6 Å². The van der Waals surface area contributed by atoms with Gasteiger partial charge < -0.3 is 20.7 Å². The number of ether oxygens (including phenoxy) is 1. The van der Waals surface area contributed by atoms with Crippen LogP contribution < -0.4 is 20.7 Å².